The molecule has 0 bridgehead atoms. The first-order valence-electron chi connectivity index (χ1n) is 5.96. The Balaban J connectivity index is 2.39. The van der Waals surface area contributed by atoms with Crippen molar-refractivity contribution in [1.82, 2.24) is 5.32 Å². The quantitative estimate of drug-likeness (QED) is 0.306. The highest BCUT2D eigenvalue weighted by Crippen LogP contribution is 2.11. The minimum Gasteiger partial charge on any atom is -0.497 e. The van der Waals surface area contributed by atoms with Gasteiger partial charge in [0.05, 0.1) is 13.0 Å². The van der Waals surface area contributed by atoms with Gasteiger partial charge in [-0.05, 0) is 31.0 Å². The maximum Gasteiger partial charge on any atom is 0.230 e. The van der Waals surface area contributed by atoms with E-state index in [9.17, 15) is 4.79 Å². The maximum atomic E-state index is 11.6. The van der Waals surface area contributed by atoms with Gasteiger partial charge in [-0.15, -0.1) is 0 Å². The van der Waals surface area contributed by atoms with Gasteiger partial charge in [-0.2, -0.15) is 0 Å². The lowest BCUT2D eigenvalue weighted by Crippen LogP contribution is -2.38. The Bertz CT molecular complexity index is 443. The van der Waals surface area contributed by atoms with Crippen molar-refractivity contribution in [3.63, 3.8) is 0 Å². The summed E-state index contributed by atoms with van der Waals surface area (Å²) in [6.45, 7) is 2.08. The van der Waals surface area contributed by atoms with Gasteiger partial charge in [0.2, 0.25) is 5.91 Å². The predicted molar refractivity (Wildman–Crippen MR) is 72.3 cm³/mol. The van der Waals surface area contributed by atoms with Gasteiger partial charge in [-0.1, -0.05) is 17.3 Å². The molecule has 0 heterocycles. The molecular weight excluding hydrogens is 246 g/mol. The maximum absolute atomic E-state index is 11.6. The second-order valence-electron chi connectivity index (χ2n) is 4.14. The molecule has 0 aliphatic carbocycles. The van der Waals surface area contributed by atoms with Crippen molar-refractivity contribution in [1.29, 1.82) is 0 Å². The van der Waals surface area contributed by atoms with E-state index in [-0.39, 0.29) is 11.7 Å². The SMILES string of the molecule is COc1ccc(CCNC(=O)C(C)C(N)=NO)cc1. The van der Waals surface area contributed by atoms with Crippen molar-refractivity contribution in [3.05, 3.63) is 29.8 Å². The molecule has 0 radical (unpaired) electrons. The zero-order valence-corrected chi connectivity index (χ0v) is 11.1. The Hall–Kier alpha value is -2.24. The van der Waals surface area contributed by atoms with Crippen LogP contribution in [0.3, 0.4) is 0 Å². The predicted octanol–water partition coefficient (Wildman–Crippen LogP) is 0.736. The van der Waals surface area contributed by atoms with Crippen LogP contribution >= 0.6 is 0 Å². The van der Waals surface area contributed by atoms with Gasteiger partial charge in [0.25, 0.3) is 0 Å². The molecule has 0 saturated heterocycles. The third kappa shape index (κ3) is 4.50. The highest BCUT2D eigenvalue weighted by atomic mass is 16.5. The molecule has 0 spiro atoms. The van der Waals surface area contributed by atoms with Crippen molar-refractivity contribution in [3.8, 4) is 5.75 Å². The van der Waals surface area contributed by atoms with E-state index >= 15 is 0 Å². The largest absolute Gasteiger partial charge is 0.497 e. The molecule has 6 heteroatoms. The third-order valence-electron chi connectivity index (χ3n) is 2.82. The number of carbonyl (C=O) groups is 1. The summed E-state index contributed by atoms with van der Waals surface area (Å²) in [5.41, 5.74) is 6.45. The van der Waals surface area contributed by atoms with E-state index in [0.29, 0.717) is 13.0 Å². The molecule has 6 nitrogen and oxygen atoms in total. The minimum absolute atomic E-state index is 0.0954. The van der Waals surface area contributed by atoms with E-state index in [4.69, 9.17) is 15.7 Å². The molecule has 1 amide bonds. The average molecular weight is 265 g/mol. The number of oxime groups is 1. The zero-order chi connectivity index (χ0) is 14.3. The van der Waals surface area contributed by atoms with Gasteiger partial charge in [0.15, 0.2) is 5.84 Å². The monoisotopic (exact) mass is 265 g/mol. The van der Waals surface area contributed by atoms with Crippen LogP contribution in [0.15, 0.2) is 29.4 Å². The second-order valence-corrected chi connectivity index (χ2v) is 4.14. The van der Waals surface area contributed by atoms with E-state index in [1.54, 1.807) is 14.0 Å². The first-order valence-corrected chi connectivity index (χ1v) is 5.96. The molecule has 0 fully saturated rings. The van der Waals surface area contributed by atoms with Crippen LogP contribution < -0.4 is 15.8 Å². The van der Waals surface area contributed by atoms with Crippen LogP contribution in [0.5, 0.6) is 5.75 Å². The molecule has 0 aliphatic rings. The average Bonchev–Trinajstić information content (AvgIpc) is 2.46. The Kier molecular flexibility index (Phi) is 5.66. The van der Waals surface area contributed by atoms with Crippen LogP contribution in [0.25, 0.3) is 0 Å². The number of nitrogens with two attached hydrogens (primary N) is 1. The summed E-state index contributed by atoms with van der Waals surface area (Å²) in [6, 6.07) is 7.63. The summed E-state index contributed by atoms with van der Waals surface area (Å²) < 4.78 is 5.06. The number of nitrogens with one attached hydrogen (secondary N) is 1. The second kappa shape index (κ2) is 7.25. The first kappa shape index (κ1) is 14.8. The van der Waals surface area contributed by atoms with Crippen LogP contribution in [0.1, 0.15) is 12.5 Å². The molecule has 0 saturated carbocycles. The van der Waals surface area contributed by atoms with Crippen molar-refractivity contribution in [2.75, 3.05) is 13.7 Å². The Morgan fingerprint density at radius 3 is 2.63 bits per heavy atom. The topological polar surface area (TPSA) is 96.9 Å². The first-order chi connectivity index (χ1) is 9.08. The van der Waals surface area contributed by atoms with Crippen molar-refractivity contribution >= 4 is 11.7 Å². The van der Waals surface area contributed by atoms with E-state index in [2.05, 4.69) is 10.5 Å². The minimum atomic E-state index is -0.638. The molecule has 19 heavy (non-hydrogen) atoms. The summed E-state index contributed by atoms with van der Waals surface area (Å²) in [5.74, 6) is -0.194. The molecule has 1 rings (SSSR count). The summed E-state index contributed by atoms with van der Waals surface area (Å²) >= 11 is 0. The van der Waals surface area contributed by atoms with Crippen molar-refractivity contribution in [2.45, 2.75) is 13.3 Å². The molecule has 4 N–H and O–H groups in total. The normalized spacial score (nSPS) is 12.8. The lowest BCUT2D eigenvalue weighted by atomic mass is 10.1. The molecule has 0 aliphatic heterocycles. The third-order valence-corrected chi connectivity index (χ3v) is 2.82. The number of carbonyl (C=O) groups excluding carboxylic acids is 1. The Morgan fingerprint density at radius 1 is 1.47 bits per heavy atom. The number of amides is 1. The van der Waals surface area contributed by atoms with E-state index in [1.165, 1.54) is 0 Å². The standard InChI is InChI=1S/C13H19N3O3/c1-9(12(14)16-18)13(17)15-8-7-10-3-5-11(19-2)6-4-10/h3-6,9,18H,7-8H2,1-2H3,(H2,14,16)(H,15,17). The van der Waals surface area contributed by atoms with Crippen LogP contribution in [-0.4, -0.2) is 30.6 Å². The summed E-state index contributed by atoms with van der Waals surface area (Å²) in [5, 5.41) is 14.0. The fourth-order valence-electron chi connectivity index (χ4n) is 1.50. The fraction of sp³-hybridized carbons (Fsp3) is 0.385. The van der Waals surface area contributed by atoms with Gasteiger partial charge >= 0.3 is 0 Å². The molecule has 1 aromatic carbocycles. The molecular formula is C13H19N3O3. The number of amidine groups is 1. The zero-order valence-electron chi connectivity index (χ0n) is 11.1. The van der Waals surface area contributed by atoms with Gasteiger partial charge in [0.1, 0.15) is 5.75 Å². The van der Waals surface area contributed by atoms with Crippen LogP contribution in [0.4, 0.5) is 0 Å². The molecule has 0 aromatic heterocycles. The number of ether oxygens (including phenoxy) is 1. The number of nitrogens with zero attached hydrogens (tertiary/aromatic N) is 1. The summed E-state index contributed by atoms with van der Waals surface area (Å²) in [6.07, 6.45) is 0.707. The molecule has 1 aromatic rings. The van der Waals surface area contributed by atoms with Crippen LogP contribution in [0.2, 0.25) is 0 Å². The molecule has 1 unspecified atom stereocenters. The summed E-state index contributed by atoms with van der Waals surface area (Å²) in [4.78, 5) is 11.6. The number of rotatable bonds is 6. The number of methoxy groups -OCH3 is 1. The smallest absolute Gasteiger partial charge is 0.230 e. The number of hydrogen-bond acceptors (Lipinski definition) is 4. The van der Waals surface area contributed by atoms with Crippen LogP contribution in [0, 0.1) is 5.92 Å². The van der Waals surface area contributed by atoms with Gasteiger partial charge in [-0.3, -0.25) is 4.79 Å². The Labute approximate surface area is 112 Å². The van der Waals surface area contributed by atoms with Crippen molar-refractivity contribution in [2.24, 2.45) is 16.8 Å². The molecule has 1 atom stereocenters. The van der Waals surface area contributed by atoms with Crippen molar-refractivity contribution < 1.29 is 14.7 Å². The highest BCUT2D eigenvalue weighted by molar-refractivity contribution is 6.01. The lowest BCUT2D eigenvalue weighted by molar-refractivity contribution is -0.122. The number of hydrogen-bond donors (Lipinski definition) is 3. The van der Waals surface area contributed by atoms with Crippen LogP contribution in [-0.2, 0) is 11.2 Å². The lowest BCUT2D eigenvalue weighted by Gasteiger charge is -2.10. The highest BCUT2D eigenvalue weighted by Gasteiger charge is 2.16. The fourth-order valence-corrected chi connectivity index (χ4v) is 1.50. The van der Waals surface area contributed by atoms with Gasteiger partial charge in [-0.25, -0.2) is 0 Å². The van der Waals surface area contributed by atoms with E-state index in [0.717, 1.165) is 11.3 Å². The van der Waals surface area contributed by atoms with Gasteiger partial charge in [0, 0.05) is 6.54 Å². The number of benzene rings is 1. The Morgan fingerprint density at radius 2 is 2.11 bits per heavy atom. The van der Waals surface area contributed by atoms with E-state index in [1.807, 2.05) is 24.3 Å². The summed E-state index contributed by atoms with van der Waals surface area (Å²) in [7, 11) is 1.61. The van der Waals surface area contributed by atoms with E-state index < -0.39 is 5.92 Å². The molecule has 104 valence electrons. The van der Waals surface area contributed by atoms with Gasteiger partial charge < -0.3 is 21.0 Å².